The standard InChI is InChI=1S/C16H13N3O2S/c1-10-17-16(19-18-10)22-14(15(20)21)9-12-7-4-6-11-5-2-3-8-13(11)12/h2-9H,1H3,(H,20,21)(H,17,18,19)/p-1. The zero-order valence-electron chi connectivity index (χ0n) is 11.7. The zero-order chi connectivity index (χ0) is 15.5. The van der Waals surface area contributed by atoms with Crippen LogP contribution in [0.25, 0.3) is 16.8 Å². The second-order valence-electron chi connectivity index (χ2n) is 4.67. The van der Waals surface area contributed by atoms with Gasteiger partial charge in [-0.3, -0.25) is 5.10 Å². The minimum atomic E-state index is -1.25. The molecule has 0 atom stereocenters. The summed E-state index contributed by atoms with van der Waals surface area (Å²) in [6, 6.07) is 13.5. The maximum Gasteiger partial charge on any atom is 0.213 e. The number of carboxylic acids is 1. The van der Waals surface area contributed by atoms with E-state index in [9.17, 15) is 9.90 Å². The van der Waals surface area contributed by atoms with Gasteiger partial charge in [-0.1, -0.05) is 42.5 Å². The number of benzene rings is 2. The third-order valence-electron chi connectivity index (χ3n) is 3.09. The van der Waals surface area contributed by atoms with E-state index < -0.39 is 5.97 Å². The van der Waals surface area contributed by atoms with Crippen LogP contribution in [0.3, 0.4) is 0 Å². The smallest absolute Gasteiger partial charge is 0.213 e. The largest absolute Gasteiger partial charge is 0.544 e. The molecule has 3 rings (SSSR count). The van der Waals surface area contributed by atoms with Crippen molar-refractivity contribution in [1.29, 1.82) is 0 Å². The number of carbonyl (C=O) groups excluding carboxylic acids is 1. The first kappa shape index (κ1) is 14.3. The molecule has 1 aromatic heterocycles. The number of carbonyl (C=O) groups is 1. The van der Waals surface area contributed by atoms with E-state index in [-0.39, 0.29) is 4.91 Å². The Kier molecular flexibility index (Phi) is 3.93. The number of hydrogen-bond donors (Lipinski definition) is 1. The first-order chi connectivity index (χ1) is 10.6. The highest BCUT2D eigenvalue weighted by Crippen LogP contribution is 2.27. The molecular formula is C16H12N3O2S-. The van der Waals surface area contributed by atoms with Gasteiger partial charge in [0.05, 0.1) is 5.97 Å². The van der Waals surface area contributed by atoms with Crippen LogP contribution in [-0.2, 0) is 4.79 Å². The van der Waals surface area contributed by atoms with Crippen LogP contribution in [0.4, 0.5) is 0 Å². The fraction of sp³-hybridized carbons (Fsp3) is 0.0625. The fourth-order valence-corrected chi connectivity index (χ4v) is 2.85. The van der Waals surface area contributed by atoms with Gasteiger partial charge >= 0.3 is 0 Å². The lowest BCUT2D eigenvalue weighted by Gasteiger charge is -2.07. The Balaban J connectivity index is 2.03. The van der Waals surface area contributed by atoms with Crippen LogP contribution in [0.1, 0.15) is 11.4 Å². The minimum absolute atomic E-state index is 0.0651. The van der Waals surface area contributed by atoms with E-state index in [0.29, 0.717) is 11.0 Å². The zero-order valence-corrected chi connectivity index (χ0v) is 12.6. The van der Waals surface area contributed by atoms with Crippen molar-refractivity contribution in [1.82, 2.24) is 15.2 Å². The Labute approximate surface area is 131 Å². The Morgan fingerprint density at radius 3 is 2.73 bits per heavy atom. The van der Waals surface area contributed by atoms with Crippen LogP contribution in [0.2, 0.25) is 0 Å². The molecule has 1 N–H and O–H groups in total. The summed E-state index contributed by atoms with van der Waals surface area (Å²) in [5.74, 6) is -0.620. The number of aromatic nitrogens is 3. The van der Waals surface area contributed by atoms with Gasteiger partial charge in [0.1, 0.15) is 5.82 Å². The molecular weight excluding hydrogens is 298 g/mol. The number of thioether (sulfide) groups is 1. The average Bonchev–Trinajstić information content (AvgIpc) is 2.92. The van der Waals surface area contributed by atoms with Crippen molar-refractivity contribution in [3.05, 3.63) is 58.8 Å². The van der Waals surface area contributed by atoms with Gasteiger partial charge < -0.3 is 9.90 Å². The summed E-state index contributed by atoms with van der Waals surface area (Å²) in [5, 5.41) is 20.4. The highest BCUT2D eigenvalue weighted by atomic mass is 32.2. The van der Waals surface area contributed by atoms with E-state index in [2.05, 4.69) is 15.2 Å². The lowest BCUT2D eigenvalue weighted by atomic mass is 10.0. The van der Waals surface area contributed by atoms with Crippen molar-refractivity contribution in [3.63, 3.8) is 0 Å². The minimum Gasteiger partial charge on any atom is -0.544 e. The second kappa shape index (κ2) is 6.03. The number of hydrogen-bond acceptors (Lipinski definition) is 5. The van der Waals surface area contributed by atoms with E-state index in [1.165, 1.54) is 0 Å². The van der Waals surface area contributed by atoms with Crippen molar-refractivity contribution in [2.45, 2.75) is 12.1 Å². The van der Waals surface area contributed by atoms with Gasteiger partial charge in [-0.05, 0) is 41.1 Å². The summed E-state index contributed by atoms with van der Waals surface area (Å²) < 4.78 is 0. The van der Waals surface area contributed by atoms with Gasteiger partial charge in [-0.2, -0.15) is 0 Å². The number of aryl methyl sites for hydroxylation is 1. The van der Waals surface area contributed by atoms with Crippen molar-refractivity contribution in [2.24, 2.45) is 0 Å². The molecule has 0 bridgehead atoms. The Bertz CT molecular complexity index is 865. The molecule has 22 heavy (non-hydrogen) atoms. The molecule has 0 aliphatic carbocycles. The number of nitrogens with zero attached hydrogens (tertiary/aromatic N) is 2. The summed E-state index contributed by atoms with van der Waals surface area (Å²) in [7, 11) is 0. The number of carboxylic acid groups (broad SMARTS) is 1. The van der Waals surface area contributed by atoms with Crippen LogP contribution in [0.15, 0.2) is 52.5 Å². The lowest BCUT2D eigenvalue weighted by molar-refractivity contribution is -0.297. The molecule has 3 aromatic rings. The van der Waals surface area contributed by atoms with Gasteiger partial charge in [0, 0.05) is 4.91 Å². The molecule has 2 aromatic carbocycles. The van der Waals surface area contributed by atoms with Crippen molar-refractivity contribution in [3.8, 4) is 0 Å². The van der Waals surface area contributed by atoms with Crippen LogP contribution in [0.5, 0.6) is 0 Å². The summed E-state index contributed by atoms with van der Waals surface area (Å²) in [4.78, 5) is 15.6. The van der Waals surface area contributed by atoms with Crippen LogP contribution < -0.4 is 5.11 Å². The average molecular weight is 310 g/mol. The Morgan fingerprint density at radius 2 is 2.00 bits per heavy atom. The van der Waals surface area contributed by atoms with Crippen LogP contribution in [0, 0.1) is 6.92 Å². The molecule has 110 valence electrons. The van der Waals surface area contributed by atoms with Crippen molar-refractivity contribution >= 4 is 34.6 Å². The number of H-pyrrole nitrogens is 1. The molecule has 0 saturated heterocycles. The van der Waals surface area contributed by atoms with E-state index in [1.54, 1.807) is 13.0 Å². The van der Waals surface area contributed by atoms with Crippen molar-refractivity contribution in [2.75, 3.05) is 0 Å². The molecule has 0 aliphatic heterocycles. The Morgan fingerprint density at radius 1 is 1.23 bits per heavy atom. The van der Waals surface area contributed by atoms with Gasteiger partial charge in [0.15, 0.2) is 0 Å². The van der Waals surface area contributed by atoms with Crippen LogP contribution in [-0.4, -0.2) is 21.2 Å². The summed E-state index contributed by atoms with van der Waals surface area (Å²) in [6.45, 7) is 1.75. The van der Waals surface area contributed by atoms with E-state index in [1.807, 2.05) is 42.5 Å². The molecule has 6 heteroatoms. The number of nitrogens with one attached hydrogen (secondary N) is 1. The molecule has 0 amide bonds. The topological polar surface area (TPSA) is 81.7 Å². The second-order valence-corrected chi connectivity index (χ2v) is 5.68. The summed E-state index contributed by atoms with van der Waals surface area (Å²) >= 11 is 0.967. The van der Waals surface area contributed by atoms with Gasteiger partial charge in [-0.15, -0.1) is 5.10 Å². The third kappa shape index (κ3) is 3.01. The molecule has 0 unspecified atom stereocenters. The highest BCUT2D eigenvalue weighted by molar-refractivity contribution is 8.04. The quantitative estimate of drug-likeness (QED) is 0.590. The van der Waals surface area contributed by atoms with Gasteiger partial charge in [0.2, 0.25) is 5.16 Å². The van der Waals surface area contributed by atoms with Gasteiger partial charge in [0.25, 0.3) is 0 Å². The van der Waals surface area contributed by atoms with Crippen molar-refractivity contribution < 1.29 is 9.90 Å². The lowest BCUT2D eigenvalue weighted by Crippen LogP contribution is -2.23. The van der Waals surface area contributed by atoms with Crippen LogP contribution >= 0.6 is 11.8 Å². The first-order valence-corrected chi connectivity index (χ1v) is 7.43. The summed E-state index contributed by atoms with van der Waals surface area (Å²) in [6.07, 6.45) is 1.59. The van der Waals surface area contributed by atoms with E-state index in [4.69, 9.17) is 0 Å². The van der Waals surface area contributed by atoms with Gasteiger partial charge in [-0.25, -0.2) is 4.98 Å². The number of rotatable bonds is 4. The number of aliphatic carboxylic acids is 1. The first-order valence-electron chi connectivity index (χ1n) is 6.61. The Hall–Kier alpha value is -2.60. The van der Waals surface area contributed by atoms with E-state index in [0.717, 1.165) is 28.1 Å². The SMILES string of the molecule is Cc1nc(SC(=Cc2cccc3ccccc23)C(=O)[O-])n[nH]1. The predicted octanol–water partition coefficient (Wildman–Crippen LogP) is 2.15. The maximum atomic E-state index is 11.4. The summed E-state index contributed by atoms with van der Waals surface area (Å²) in [5.41, 5.74) is 0.817. The molecule has 0 saturated carbocycles. The highest BCUT2D eigenvalue weighted by Gasteiger charge is 2.08. The molecule has 5 nitrogen and oxygen atoms in total. The monoisotopic (exact) mass is 310 g/mol. The molecule has 0 fully saturated rings. The molecule has 0 radical (unpaired) electrons. The number of fused-ring (bicyclic) bond motifs is 1. The van der Waals surface area contributed by atoms with E-state index >= 15 is 0 Å². The molecule has 0 spiro atoms. The molecule has 1 heterocycles. The normalized spacial score (nSPS) is 11.8. The number of aromatic amines is 1. The fourth-order valence-electron chi connectivity index (χ4n) is 2.11. The third-order valence-corrected chi connectivity index (χ3v) is 3.96. The predicted molar refractivity (Wildman–Crippen MR) is 83.9 cm³/mol. The molecule has 0 aliphatic rings. The maximum absolute atomic E-state index is 11.4.